The molecule has 0 heterocycles. The Bertz CT molecular complexity index is 529. The number of nitrogen functional groups attached to an aromatic ring is 1. The van der Waals surface area contributed by atoms with Gasteiger partial charge in [0.1, 0.15) is 12.4 Å². The summed E-state index contributed by atoms with van der Waals surface area (Å²) in [6.07, 6.45) is 0. The maximum absolute atomic E-state index is 6.10. The van der Waals surface area contributed by atoms with Gasteiger partial charge in [0.2, 0.25) is 0 Å². The second kappa shape index (κ2) is 5.98. The molecule has 3 heteroatoms. The van der Waals surface area contributed by atoms with Crippen molar-refractivity contribution in [2.45, 2.75) is 26.4 Å². The molecule has 0 atom stereocenters. The average Bonchev–Trinajstić information content (AvgIpc) is 2.38. The van der Waals surface area contributed by atoms with Crippen LogP contribution in [0.4, 0.5) is 5.69 Å². The van der Waals surface area contributed by atoms with Crippen molar-refractivity contribution in [3.63, 3.8) is 0 Å². The molecule has 2 aromatic rings. The Hall–Kier alpha value is -1.67. The minimum atomic E-state index is 0.381. The van der Waals surface area contributed by atoms with Crippen LogP contribution in [0.1, 0.15) is 30.9 Å². The summed E-state index contributed by atoms with van der Waals surface area (Å²) in [5.41, 5.74) is 8.67. The number of ether oxygens (including phenoxy) is 1. The molecular weight excluding hydrogens is 258 g/mol. The van der Waals surface area contributed by atoms with Crippen LogP contribution in [-0.2, 0) is 6.61 Å². The van der Waals surface area contributed by atoms with Crippen molar-refractivity contribution in [3.05, 3.63) is 58.6 Å². The van der Waals surface area contributed by atoms with Gasteiger partial charge in [0, 0.05) is 16.3 Å². The molecule has 2 rings (SSSR count). The van der Waals surface area contributed by atoms with Gasteiger partial charge >= 0.3 is 0 Å². The highest BCUT2D eigenvalue weighted by Crippen LogP contribution is 2.24. The molecule has 0 aliphatic heterocycles. The van der Waals surface area contributed by atoms with E-state index in [-0.39, 0.29) is 0 Å². The molecule has 0 fully saturated rings. The number of halogens is 1. The molecule has 2 N–H and O–H groups in total. The fraction of sp³-hybridized carbons (Fsp3) is 0.250. The van der Waals surface area contributed by atoms with Gasteiger partial charge in [0.25, 0.3) is 0 Å². The first-order valence-corrected chi connectivity index (χ1v) is 6.71. The number of rotatable bonds is 4. The number of hydrogen-bond donors (Lipinski definition) is 1. The summed E-state index contributed by atoms with van der Waals surface area (Å²) in [5.74, 6) is 1.34. The number of anilines is 1. The van der Waals surface area contributed by atoms with E-state index in [2.05, 4.69) is 26.0 Å². The lowest BCUT2D eigenvalue weighted by atomic mass is 10.0. The Kier molecular flexibility index (Phi) is 4.33. The zero-order valence-corrected chi connectivity index (χ0v) is 11.9. The summed E-state index contributed by atoms with van der Waals surface area (Å²) in [4.78, 5) is 0. The predicted octanol–water partition coefficient (Wildman–Crippen LogP) is 4.62. The van der Waals surface area contributed by atoms with E-state index in [1.165, 1.54) is 5.56 Å². The second-order valence-electron chi connectivity index (χ2n) is 4.82. The monoisotopic (exact) mass is 275 g/mol. The third-order valence-corrected chi connectivity index (χ3v) is 3.44. The normalized spacial score (nSPS) is 10.7. The van der Waals surface area contributed by atoms with Crippen LogP contribution < -0.4 is 10.5 Å². The van der Waals surface area contributed by atoms with Gasteiger partial charge in [0.05, 0.1) is 0 Å². The highest BCUT2D eigenvalue weighted by Gasteiger charge is 2.06. The molecule has 0 unspecified atom stereocenters. The number of nitrogens with two attached hydrogens (primary N) is 1. The van der Waals surface area contributed by atoms with Crippen molar-refractivity contribution in [2.75, 3.05) is 5.73 Å². The molecule has 0 spiro atoms. The highest BCUT2D eigenvalue weighted by atomic mass is 35.5. The van der Waals surface area contributed by atoms with Crippen molar-refractivity contribution >= 4 is 17.3 Å². The average molecular weight is 276 g/mol. The molecule has 0 aliphatic carbocycles. The third kappa shape index (κ3) is 3.42. The van der Waals surface area contributed by atoms with Gasteiger partial charge in [-0.15, -0.1) is 0 Å². The smallest absolute Gasteiger partial charge is 0.119 e. The Morgan fingerprint density at radius 3 is 2.37 bits per heavy atom. The Balaban J connectivity index is 2.06. The molecule has 2 aromatic carbocycles. The van der Waals surface area contributed by atoms with Crippen molar-refractivity contribution in [1.29, 1.82) is 0 Å². The fourth-order valence-corrected chi connectivity index (χ4v) is 2.07. The van der Waals surface area contributed by atoms with Gasteiger partial charge in [-0.2, -0.15) is 0 Å². The van der Waals surface area contributed by atoms with Gasteiger partial charge in [-0.1, -0.05) is 43.6 Å². The molecule has 0 saturated heterocycles. The number of benzene rings is 2. The molecular formula is C16H18ClNO. The van der Waals surface area contributed by atoms with E-state index in [0.717, 1.165) is 11.3 Å². The van der Waals surface area contributed by atoms with Crippen LogP contribution in [0.15, 0.2) is 42.5 Å². The van der Waals surface area contributed by atoms with E-state index in [9.17, 15) is 0 Å². The van der Waals surface area contributed by atoms with Gasteiger partial charge in [-0.05, 0) is 35.7 Å². The maximum Gasteiger partial charge on any atom is 0.119 e. The topological polar surface area (TPSA) is 35.2 Å². The van der Waals surface area contributed by atoms with Crippen LogP contribution in [0.3, 0.4) is 0 Å². The SMILES string of the molecule is CC(C)c1ccc(OCc2c(N)cccc2Cl)cc1. The first-order chi connectivity index (χ1) is 9.08. The molecule has 100 valence electrons. The van der Waals surface area contributed by atoms with Crippen LogP contribution in [0.25, 0.3) is 0 Å². The largest absolute Gasteiger partial charge is 0.489 e. The second-order valence-corrected chi connectivity index (χ2v) is 5.23. The Morgan fingerprint density at radius 2 is 1.79 bits per heavy atom. The molecule has 2 nitrogen and oxygen atoms in total. The molecule has 0 saturated carbocycles. The van der Waals surface area contributed by atoms with Crippen LogP contribution in [0.5, 0.6) is 5.75 Å². The molecule has 19 heavy (non-hydrogen) atoms. The van der Waals surface area contributed by atoms with Gasteiger partial charge in [-0.25, -0.2) is 0 Å². The summed E-state index contributed by atoms with van der Waals surface area (Å²) in [6.45, 7) is 4.72. The lowest BCUT2D eigenvalue weighted by Crippen LogP contribution is -2.01. The zero-order chi connectivity index (χ0) is 13.8. The molecule has 0 amide bonds. The van der Waals surface area contributed by atoms with Gasteiger partial charge in [-0.3, -0.25) is 0 Å². The van der Waals surface area contributed by atoms with E-state index in [1.807, 2.05) is 30.3 Å². The Labute approximate surface area is 119 Å². The van der Waals surface area contributed by atoms with Gasteiger partial charge in [0.15, 0.2) is 0 Å². The van der Waals surface area contributed by atoms with Crippen LogP contribution in [0, 0.1) is 0 Å². The lowest BCUT2D eigenvalue weighted by molar-refractivity contribution is 0.307. The highest BCUT2D eigenvalue weighted by molar-refractivity contribution is 6.31. The number of hydrogen-bond acceptors (Lipinski definition) is 2. The summed E-state index contributed by atoms with van der Waals surface area (Å²) >= 11 is 6.10. The van der Waals surface area contributed by atoms with Crippen LogP contribution >= 0.6 is 11.6 Å². The zero-order valence-electron chi connectivity index (χ0n) is 11.2. The first-order valence-electron chi connectivity index (χ1n) is 6.33. The molecule has 0 bridgehead atoms. The minimum absolute atomic E-state index is 0.381. The third-order valence-electron chi connectivity index (χ3n) is 3.09. The van der Waals surface area contributed by atoms with Crippen molar-refractivity contribution in [2.24, 2.45) is 0 Å². The predicted molar refractivity (Wildman–Crippen MR) is 80.7 cm³/mol. The van der Waals surface area contributed by atoms with E-state index < -0.39 is 0 Å². The summed E-state index contributed by atoms with van der Waals surface area (Å²) in [7, 11) is 0. The molecule has 0 radical (unpaired) electrons. The quantitative estimate of drug-likeness (QED) is 0.826. The summed E-state index contributed by atoms with van der Waals surface area (Å²) < 4.78 is 5.72. The van der Waals surface area contributed by atoms with E-state index in [1.54, 1.807) is 0 Å². The van der Waals surface area contributed by atoms with Crippen molar-refractivity contribution in [1.82, 2.24) is 0 Å². The Morgan fingerprint density at radius 1 is 1.11 bits per heavy atom. The van der Waals surface area contributed by atoms with Gasteiger partial charge < -0.3 is 10.5 Å². The van der Waals surface area contributed by atoms with Crippen LogP contribution in [0.2, 0.25) is 5.02 Å². The van der Waals surface area contributed by atoms with E-state index >= 15 is 0 Å². The fourth-order valence-electron chi connectivity index (χ4n) is 1.83. The lowest BCUT2D eigenvalue weighted by Gasteiger charge is -2.11. The summed E-state index contributed by atoms with van der Waals surface area (Å²) in [6, 6.07) is 13.6. The summed E-state index contributed by atoms with van der Waals surface area (Å²) in [5, 5.41) is 0.638. The van der Waals surface area contributed by atoms with E-state index in [0.29, 0.717) is 23.2 Å². The molecule has 0 aliphatic rings. The van der Waals surface area contributed by atoms with E-state index in [4.69, 9.17) is 22.1 Å². The van der Waals surface area contributed by atoms with Crippen LogP contribution in [-0.4, -0.2) is 0 Å². The van der Waals surface area contributed by atoms with Crippen molar-refractivity contribution < 1.29 is 4.74 Å². The maximum atomic E-state index is 6.10. The molecule has 0 aromatic heterocycles. The van der Waals surface area contributed by atoms with Crippen molar-refractivity contribution in [3.8, 4) is 5.75 Å². The standard InChI is InChI=1S/C16H18ClNO/c1-11(2)12-6-8-13(9-7-12)19-10-14-15(17)4-3-5-16(14)18/h3-9,11H,10,18H2,1-2H3. The first kappa shape index (κ1) is 13.8. The minimum Gasteiger partial charge on any atom is -0.489 e.